The molecule has 1 aromatic rings. The Bertz CT molecular complexity index is 419. The molecule has 1 aromatic carbocycles. The van der Waals surface area contributed by atoms with Crippen LogP contribution < -0.4 is 5.32 Å². The zero-order valence-electron chi connectivity index (χ0n) is 11.4. The lowest BCUT2D eigenvalue weighted by Gasteiger charge is -2.31. The van der Waals surface area contributed by atoms with Gasteiger partial charge in [-0.3, -0.25) is 9.69 Å². The van der Waals surface area contributed by atoms with Crippen LogP contribution >= 0.6 is 11.6 Å². The summed E-state index contributed by atoms with van der Waals surface area (Å²) in [7, 11) is 2.03. The predicted octanol–water partition coefficient (Wildman–Crippen LogP) is 2.48. The Labute approximate surface area is 119 Å². The van der Waals surface area contributed by atoms with Crippen LogP contribution in [0.3, 0.4) is 0 Å². The van der Waals surface area contributed by atoms with Crippen molar-refractivity contribution in [3.05, 3.63) is 34.9 Å². The number of halogens is 1. The van der Waals surface area contributed by atoms with Crippen molar-refractivity contribution >= 4 is 17.5 Å². The Morgan fingerprint density at radius 2 is 2.11 bits per heavy atom. The minimum Gasteiger partial charge on any atom is -0.354 e. The van der Waals surface area contributed by atoms with E-state index < -0.39 is 0 Å². The molecular formula is C15H21ClN2O. The molecule has 19 heavy (non-hydrogen) atoms. The summed E-state index contributed by atoms with van der Waals surface area (Å²) in [5, 5.41) is 3.78. The molecule has 1 aliphatic rings. The van der Waals surface area contributed by atoms with Crippen LogP contribution in [-0.4, -0.2) is 37.0 Å². The molecule has 1 N–H and O–H groups in total. The number of nitrogens with one attached hydrogen (secondary N) is 1. The summed E-state index contributed by atoms with van der Waals surface area (Å²) in [6.07, 6.45) is 4.17. The number of carbonyl (C=O) groups excluding carboxylic acids is 1. The van der Waals surface area contributed by atoms with E-state index in [-0.39, 0.29) is 11.9 Å². The first-order valence-electron chi connectivity index (χ1n) is 6.89. The third kappa shape index (κ3) is 4.22. The Hall–Kier alpha value is -1.06. The van der Waals surface area contributed by atoms with Gasteiger partial charge in [0, 0.05) is 11.6 Å². The molecule has 1 atom stereocenters. The number of nitrogens with zero attached hydrogens (tertiary/aromatic N) is 1. The van der Waals surface area contributed by atoms with Crippen LogP contribution in [-0.2, 0) is 11.2 Å². The summed E-state index contributed by atoms with van der Waals surface area (Å²) >= 11 is 5.84. The molecule has 0 saturated carbocycles. The third-order valence-corrected chi connectivity index (χ3v) is 3.95. The number of hydrogen-bond acceptors (Lipinski definition) is 2. The van der Waals surface area contributed by atoms with Gasteiger partial charge in [0.1, 0.15) is 0 Å². The molecule has 1 fully saturated rings. The van der Waals surface area contributed by atoms with Crippen molar-refractivity contribution in [3.63, 3.8) is 0 Å². The quantitative estimate of drug-likeness (QED) is 0.919. The van der Waals surface area contributed by atoms with Crippen molar-refractivity contribution in [1.82, 2.24) is 10.2 Å². The first-order chi connectivity index (χ1) is 9.16. The summed E-state index contributed by atoms with van der Waals surface area (Å²) in [6, 6.07) is 7.82. The van der Waals surface area contributed by atoms with Gasteiger partial charge in [0.2, 0.25) is 5.91 Å². The van der Waals surface area contributed by atoms with E-state index in [1.54, 1.807) is 0 Å². The molecule has 1 aliphatic heterocycles. The first-order valence-corrected chi connectivity index (χ1v) is 7.27. The lowest BCUT2D eigenvalue weighted by molar-refractivity contribution is -0.126. The van der Waals surface area contributed by atoms with Crippen molar-refractivity contribution < 1.29 is 4.79 Å². The lowest BCUT2D eigenvalue weighted by atomic mass is 10.0. The van der Waals surface area contributed by atoms with Gasteiger partial charge in [0.25, 0.3) is 0 Å². The third-order valence-electron chi connectivity index (χ3n) is 3.70. The van der Waals surface area contributed by atoms with E-state index in [0.717, 1.165) is 30.8 Å². The van der Waals surface area contributed by atoms with Crippen LogP contribution in [0.15, 0.2) is 24.3 Å². The molecule has 2 rings (SSSR count). The highest BCUT2D eigenvalue weighted by Crippen LogP contribution is 2.15. The maximum atomic E-state index is 12.1. The lowest BCUT2D eigenvalue weighted by Crippen LogP contribution is -2.47. The van der Waals surface area contributed by atoms with Gasteiger partial charge in [-0.1, -0.05) is 30.2 Å². The smallest absolute Gasteiger partial charge is 0.237 e. The van der Waals surface area contributed by atoms with E-state index in [4.69, 9.17) is 11.6 Å². The van der Waals surface area contributed by atoms with Crippen LogP contribution in [0.4, 0.5) is 0 Å². The largest absolute Gasteiger partial charge is 0.354 e. The normalized spacial score (nSPS) is 20.2. The maximum absolute atomic E-state index is 12.1. The summed E-state index contributed by atoms with van der Waals surface area (Å²) < 4.78 is 0. The van der Waals surface area contributed by atoms with Gasteiger partial charge < -0.3 is 5.32 Å². The molecule has 0 spiro atoms. The Balaban J connectivity index is 1.75. The van der Waals surface area contributed by atoms with Gasteiger partial charge in [-0.25, -0.2) is 0 Å². The molecule has 4 heteroatoms. The zero-order valence-corrected chi connectivity index (χ0v) is 12.1. The molecule has 0 aromatic heterocycles. The van der Waals surface area contributed by atoms with Crippen molar-refractivity contribution in [3.8, 4) is 0 Å². The highest BCUT2D eigenvalue weighted by molar-refractivity contribution is 6.30. The minimum atomic E-state index is 0.0546. The number of piperidine rings is 1. The monoisotopic (exact) mass is 280 g/mol. The molecule has 3 nitrogen and oxygen atoms in total. The molecule has 0 radical (unpaired) electrons. The number of likely N-dealkylation sites (tertiary alicyclic amines) is 1. The zero-order chi connectivity index (χ0) is 13.7. The van der Waals surface area contributed by atoms with Gasteiger partial charge in [-0.2, -0.15) is 0 Å². The topological polar surface area (TPSA) is 32.3 Å². The van der Waals surface area contributed by atoms with Crippen LogP contribution in [0.1, 0.15) is 24.8 Å². The second-order valence-electron chi connectivity index (χ2n) is 5.16. The molecule has 1 unspecified atom stereocenters. The second-order valence-corrected chi connectivity index (χ2v) is 5.60. The minimum absolute atomic E-state index is 0.0546. The number of amides is 1. The standard InChI is InChI=1S/C15H21ClN2O/c1-18-11-3-2-4-14(18)15(19)17-10-9-12-5-7-13(16)8-6-12/h5-8,14H,2-4,9-11H2,1H3,(H,17,19). The fraction of sp³-hybridized carbons (Fsp3) is 0.533. The molecule has 1 heterocycles. The van der Waals surface area contributed by atoms with Crippen molar-refractivity contribution in [2.45, 2.75) is 31.7 Å². The van der Waals surface area contributed by atoms with Gasteiger partial charge in [0.05, 0.1) is 6.04 Å². The molecular weight excluding hydrogens is 260 g/mol. The Kier molecular flexibility index (Phi) is 5.23. The predicted molar refractivity (Wildman–Crippen MR) is 78.4 cm³/mol. The van der Waals surface area contributed by atoms with E-state index >= 15 is 0 Å². The van der Waals surface area contributed by atoms with Crippen LogP contribution in [0.5, 0.6) is 0 Å². The van der Waals surface area contributed by atoms with E-state index in [9.17, 15) is 4.79 Å². The van der Waals surface area contributed by atoms with E-state index in [2.05, 4.69) is 10.2 Å². The summed E-state index contributed by atoms with van der Waals surface area (Å²) in [5.74, 6) is 0.163. The van der Waals surface area contributed by atoms with E-state index in [0.29, 0.717) is 6.54 Å². The fourth-order valence-corrected chi connectivity index (χ4v) is 2.63. The fourth-order valence-electron chi connectivity index (χ4n) is 2.51. The van der Waals surface area contributed by atoms with Crippen molar-refractivity contribution in [2.24, 2.45) is 0 Å². The highest BCUT2D eigenvalue weighted by atomic mass is 35.5. The second kappa shape index (κ2) is 6.92. The van der Waals surface area contributed by atoms with E-state index in [1.807, 2.05) is 31.3 Å². The average Bonchev–Trinajstić information content (AvgIpc) is 2.41. The molecule has 104 valence electrons. The summed E-state index contributed by atoms with van der Waals surface area (Å²) in [5.41, 5.74) is 1.20. The molecule has 1 saturated heterocycles. The first kappa shape index (κ1) is 14.4. The van der Waals surface area contributed by atoms with Crippen LogP contribution in [0, 0.1) is 0 Å². The Morgan fingerprint density at radius 3 is 2.79 bits per heavy atom. The SMILES string of the molecule is CN1CCCCC1C(=O)NCCc1ccc(Cl)cc1. The maximum Gasteiger partial charge on any atom is 0.237 e. The van der Waals surface area contributed by atoms with Gasteiger partial charge in [-0.05, 0) is 50.6 Å². The number of benzene rings is 1. The van der Waals surface area contributed by atoms with Crippen molar-refractivity contribution in [2.75, 3.05) is 20.1 Å². The van der Waals surface area contributed by atoms with Crippen LogP contribution in [0.25, 0.3) is 0 Å². The molecule has 0 aliphatic carbocycles. The summed E-state index contributed by atoms with van der Waals surface area (Å²) in [4.78, 5) is 14.2. The molecule has 1 amide bonds. The van der Waals surface area contributed by atoms with Crippen molar-refractivity contribution in [1.29, 1.82) is 0 Å². The highest BCUT2D eigenvalue weighted by Gasteiger charge is 2.25. The Morgan fingerprint density at radius 1 is 1.37 bits per heavy atom. The molecule has 0 bridgehead atoms. The average molecular weight is 281 g/mol. The summed E-state index contributed by atoms with van der Waals surface area (Å²) in [6.45, 7) is 1.71. The number of carbonyl (C=O) groups is 1. The van der Waals surface area contributed by atoms with Gasteiger partial charge >= 0.3 is 0 Å². The number of rotatable bonds is 4. The van der Waals surface area contributed by atoms with E-state index in [1.165, 1.54) is 12.0 Å². The number of hydrogen-bond donors (Lipinski definition) is 1. The van der Waals surface area contributed by atoms with Crippen LogP contribution in [0.2, 0.25) is 5.02 Å². The number of likely N-dealkylation sites (N-methyl/N-ethyl adjacent to an activating group) is 1. The van der Waals surface area contributed by atoms with Gasteiger partial charge in [0.15, 0.2) is 0 Å². The van der Waals surface area contributed by atoms with Gasteiger partial charge in [-0.15, -0.1) is 0 Å².